The molecule has 0 amide bonds. The second kappa shape index (κ2) is 18.1. The topological polar surface area (TPSA) is 35.5 Å². The van der Waals surface area contributed by atoms with E-state index in [1.54, 1.807) is 13.3 Å². The first kappa shape index (κ1) is 21.4. The van der Waals surface area contributed by atoms with E-state index in [0.29, 0.717) is 0 Å². The molecule has 19 heavy (non-hydrogen) atoms. The van der Waals surface area contributed by atoms with Crippen molar-refractivity contribution in [3.05, 3.63) is 0 Å². The van der Waals surface area contributed by atoms with Gasteiger partial charge in [-0.25, -0.2) is 4.79 Å². The van der Waals surface area contributed by atoms with Gasteiger partial charge in [0.25, 0.3) is 0 Å². The van der Waals surface area contributed by atoms with Gasteiger partial charge in [-0.2, -0.15) is 0 Å². The molecule has 0 aromatic rings. The van der Waals surface area contributed by atoms with Crippen LogP contribution in [-0.4, -0.2) is 40.1 Å². The molecular weight excluding hydrogens is 347 g/mol. The van der Waals surface area contributed by atoms with Crippen LogP contribution in [0.2, 0.25) is 13.3 Å². The number of rotatable bonds is 9. The smallest absolute Gasteiger partial charge is 0.438 e. The van der Waals surface area contributed by atoms with E-state index >= 15 is 0 Å². The summed E-state index contributed by atoms with van der Waals surface area (Å²) in [4.78, 5) is 9.74. The maximum absolute atomic E-state index is 9.74. The number of ether oxygens (including phenoxy) is 2. The summed E-state index contributed by atoms with van der Waals surface area (Å²) in [5, 5.41) is 0. The van der Waals surface area contributed by atoms with Crippen molar-refractivity contribution in [2.45, 2.75) is 72.6 Å². The van der Waals surface area contributed by atoms with Crippen molar-refractivity contribution < 1.29 is 14.3 Å². The molecule has 0 saturated heterocycles. The molecule has 0 saturated carbocycles. The minimum atomic E-state index is -0.967. The molecular formula is C15H34O3Sn. The molecule has 0 bridgehead atoms. The van der Waals surface area contributed by atoms with Crippen molar-refractivity contribution in [2.75, 3.05) is 14.2 Å². The minimum absolute atomic E-state index is 0.657. The monoisotopic (exact) mass is 382 g/mol. The molecule has 0 N–H and O–H groups in total. The van der Waals surface area contributed by atoms with Crippen LogP contribution in [0.5, 0.6) is 0 Å². The Labute approximate surface area is 127 Å². The fourth-order valence-corrected chi connectivity index (χ4v) is 12.9. The first-order chi connectivity index (χ1) is 9.15. The standard InChI is InChI=1S/3C4H9.C3H6O3.Sn.H/c3*1-3-4-2;1-5-3(4)6-2;;/h3*1,3-4H2,2H3;1-2H3;;. The summed E-state index contributed by atoms with van der Waals surface area (Å²) < 4.78 is 13.2. The molecule has 4 heteroatoms. The van der Waals surface area contributed by atoms with E-state index in [1.165, 1.54) is 52.7 Å². The van der Waals surface area contributed by atoms with E-state index in [2.05, 4.69) is 30.2 Å². The van der Waals surface area contributed by atoms with Crippen molar-refractivity contribution >= 4 is 25.9 Å². The predicted molar refractivity (Wildman–Crippen MR) is 85.7 cm³/mol. The van der Waals surface area contributed by atoms with Crippen LogP contribution in [0.15, 0.2) is 0 Å². The Kier molecular flexibility index (Phi) is 20.3. The Balaban J connectivity index is 0. The van der Waals surface area contributed by atoms with Crippen LogP contribution < -0.4 is 0 Å². The molecule has 0 spiro atoms. The Morgan fingerprint density at radius 2 is 1.11 bits per heavy atom. The molecule has 0 aromatic carbocycles. The second-order valence-corrected chi connectivity index (χ2v) is 14.8. The Morgan fingerprint density at radius 1 is 0.789 bits per heavy atom. The number of unbranched alkanes of at least 4 members (excludes halogenated alkanes) is 3. The van der Waals surface area contributed by atoms with Gasteiger partial charge in [0.15, 0.2) is 0 Å². The van der Waals surface area contributed by atoms with Crippen LogP contribution in [0.1, 0.15) is 59.3 Å². The fourth-order valence-electron chi connectivity index (χ4n) is 1.99. The van der Waals surface area contributed by atoms with Crippen molar-refractivity contribution in [3.63, 3.8) is 0 Å². The Morgan fingerprint density at radius 3 is 1.26 bits per heavy atom. The van der Waals surface area contributed by atoms with Crippen LogP contribution >= 0.6 is 0 Å². The van der Waals surface area contributed by atoms with E-state index in [9.17, 15) is 4.79 Å². The number of hydrogen-bond acceptors (Lipinski definition) is 3. The van der Waals surface area contributed by atoms with Gasteiger partial charge in [-0.3, -0.25) is 0 Å². The van der Waals surface area contributed by atoms with E-state index in [1.807, 2.05) is 0 Å². The molecule has 0 unspecified atom stereocenters. The van der Waals surface area contributed by atoms with Crippen molar-refractivity contribution in [1.29, 1.82) is 0 Å². The summed E-state index contributed by atoms with van der Waals surface area (Å²) in [6.45, 7) is 7.01. The van der Waals surface area contributed by atoms with E-state index in [-0.39, 0.29) is 0 Å². The predicted octanol–water partition coefficient (Wildman–Crippen LogP) is 5.01. The average molecular weight is 381 g/mol. The summed E-state index contributed by atoms with van der Waals surface area (Å²) in [5.74, 6) is 0. The van der Waals surface area contributed by atoms with E-state index in [0.717, 1.165) is 0 Å². The normalized spacial score (nSPS) is 9.79. The molecule has 0 fully saturated rings. The zero-order valence-electron chi connectivity index (χ0n) is 13.7. The third-order valence-electron chi connectivity index (χ3n) is 3.23. The zero-order chi connectivity index (χ0) is 14.9. The maximum Gasteiger partial charge on any atom is 0.507 e. The van der Waals surface area contributed by atoms with Crippen molar-refractivity contribution in [1.82, 2.24) is 0 Å². The van der Waals surface area contributed by atoms with Crippen LogP contribution in [0.25, 0.3) is 0 Å². The Hall–Kier alpha value is 0.0687. The quantitative estimate of drug-likeness (QED) is 0.416. The number of methoxy groups -OCH3 is 2. The summed E-state index contributed by atoms with van der Waals surface area (Å²) in [7, 11) is 2.51. The summed E-state index contributed by atoms with van der Waals surface area (Å²) in [6.07, 6.45) is 8.22. The number of carbonyl (C=O) groups is 1. The molecule has 116 valence electrons. The van der Waals surface area contributed by atoms with Gasteiger partial charge in [0, 0.05) is 0 Å². The second-order valence-electron chi connectivity index (χ2n) is 4.95. The van der Waals surface area contributed by atoms with Crippen LogP contribution in [-0.2, 0) is 9.47 Å². The number of carbonyl (C=O) groups excluding carboxylic acids is 1. The summed E-state index contributed by atoms with van der Waals surface area (Å²) in [6, 6.07) is 0. The molecule has 0 aliphatic rings. The van der Waals surface area contributed by atoms with Gasteiger partial charge >= 0.3 is 98.5 Å². The van der Waals surface area contributed by atoms with Gasteiger partial charge in [-0.1, -0.05) is 0 Å². The van der Waals surface area contributed by atoms with Crippen LogP contribution in [0.3, 0.4) is 0 Å². The molecule has 3 nitrogen and oxygen atoms in total. The first-order valence-electron chi connectivity index (χ1n) is 7.77. The summed E-state index contributed by atoms with van der Waals surface area (Å²) >= 11 is -0.967. The fraction of sp³-hybridized carbons (Fsp3) is 0.933. The third kappa shape index (κ3) is 18.1. The van der Waals surface area contributed by atoms with Crippen molar-refractivity contribution in [2.24, 2.45) is 0 Å². The van der Waals surface area contributed by atoms with Crippen LogP contribution in [0.4, 0.5) is 4.79 Å². The van der Waals surface area contributed by atoms with Crippen LogP contribution in [0, 0.1) is 0 Å². The van der Waals surface area contributed by atoms with Gasteiger partial charge < -0.3 is 9.47 Å². The molecule has 0 aliphatic carbocycles. The summed E-state index contributed by atoms with van der Waals surface area (Å²) in [5.41, 5.74) is 0. The molecule has 0 aromatic heterocycles. The SMILES string of the molecule is CCC[CH2][SnH]([CH2]CCC)[CH2]CCC.COC(=O)OC. The number of hydrogen-bond donors (Lipinski definition) is 0. The van der Waals surface area contributed by atoms with E-state index in [4.69, 9.17) is 0 Å². The Bertz CT molecular complexity index is 161. The van der Waals surface area contributed by atoms with Crippen molar-refractivity contribution in [3.8, 4) is 0 Å². The molecule has 0 radical (unpaired) electrons. The van der Waals surface area contributed by atoms with Gasteiger partial charge in [0.05, 0.1) is 14.2 Å². The van der Waals surface area contributed by atoms with Gasteiger partial charge in [-0.15, -0.1) is 0 Å². The molecule has 0 rings (SSSR count). The first-order valence-corrected chi connectivity index (χ1v) is 14.8. The van der Waals surface area contributed by atoms with E-state index < -0.39 is 25.9 Å². The zero-order valence-corrected chi connectivity index (χ0v) is 17.0. The minimum Gasteiger partial charge on any atom is -0.438 e. The molecule has 0 atom stereocenters. The van der Waals surface area contributed by atoms with Gasteiger partial charge in [0.1, 0.15) is 0 Å². The largest absolute Gasteiger partial charge is 0.507 e. The maximum atomic E-state index is 9.74. The average Bonchev–Trinajstić information content (AvgIpc) is 2.46. The molecule has 0 heterocycles. The third-order valence-corrected chi connectivity index (χ3v) is 13.7. The van der Waals surface area contributed by atoms with Gasteiger partial charge in [-0.05, 0) is 0 Å². The van der Waals surface area contributed by atoms with Gasteiger partial charge in [0.2, 0.25) is 0 Å². The molecule has 0 aliphatic heterocycles.